The molecule has 0 spiro atoms. The van der Waals surface area contributed by atoms with Crippen LogP contribution in [0, 0.1) is 0 Å². The number of nitrogens with one attached hydrogen (secondary N) is 4. The van der Waals surface area contributed by atoms with E-state index >= 15 is 0 Å². The number of imidazole rings is 1. The summed E-state index contributed by atoms with van der Waals surface area (Å²) in [5.41, 5.74) is 6.17. The Hall–Kier alpha value is -2.64. The molecule has 1 aromatic heterocycles. The molecule has 1 rings (SSSR count). The fourth-order valence-corrected chi connectivity index (χ4v) is 2.95. The normalized spacial score (nSPS) is 15.8. The first-order valence-corrected chi connectivity index (χ1v) is 11.0. The fourth-order valence-electron chi connectivity index (χ4n) is 2.48. The van der Waals surface area contributed by atoms with Crippen molar-refractivity contribution in [1.82, 2.24) is 25.9 Å². The third kappa shape index (κ3) is 8.94. The number of nitrogens with two attached hydrogens (primary N) is 1. The topological polar surface area (TPSA) is 200 Å². The van der Waals surface area contributed by atoms with Gasteiger partial charge in [-0.15, -0.1) is 0 Å². The Morgan fingerprint density at radius 3 is 2.29 bits per heavy atom. The average molecular weight is 459 g/mol. The molecule has 3 amide bonds. The number of thioether (sulfide) groups is 1. The van der Waals surface area contributed by atoms with E-state index in [1.807, 2.05) is 6.26 Å². The van der Waals surface area contributed by atoms with Gasteiger partial charge in [0, 0.05) is 18.3 Å². The van der Waals surface area contributed by atoms with Crippen molar-refractivity contribution in [3.8, 4) is 0 Å². The van der Waals surface area contributed by atoms with E-state index < -0.39 is 54.0 Å². The molecule has 1 aromatic rings. The van der Waals surface area contributed by atoms with Crippen LogP contribution in [0.4, 0.5) is 0 Å². The van der Waals surface area contributed by atoms with Gasteiger partial charge in [0.1, 0.15) is 24.2 Å². The molecule has 0 aliphatic rings. The summed E-state index contributed by atoms with van der Waals surface area (Å²) in [6.45, 7) is 2.74. The highest BCUT2D eigenvalue weighted by Gasteiger charge is 2.29. The summed E-state index contributed by atoms with van der Waals surface area (Å²) in [5.74, 6) is -2.72. The van der Waals surface area contributed by atoms with E-state index in [2.05, 4.69) is 25.9 Å². The molecule has 8 N–H and O–H groups in total. The molecule has 0 fully saturated rings. The Balaban J connectivity index is 2.82. The lowest BCUT2D eigenvalue weighted by molar-refractivity contribution is -0.142. The number of H-pyrrole nitrogens is 1. The number of aromatic nitrogens is 2. The summed E-state index contributed by atoms with van der Waals surface area (Å²) >= 11 is 1.45. The number of hydrogen-bond donors (Lipinski definition) is 7. The van der Waals surface area contributed by atoms with Gasteiger partial charge in [0.15, 0.2) is 0 Å². The predicted molar refractivity (Wildman–Crippen MR) is 114 cm³/mol. The highest BCUT2D eigenvalue weighted by atomic mass is 32.2. The fraction of sp³-hybridized carbons (Fsp3) is 0.611. The number of aliphatic hydroxyl groups excluding tert-OH is 1. The Bertz CT molecular complexity index is 744. The third-order valence-electron chi connectivity index (χ3n) is 4.41. The molecule has 0 aromatic carbocycles. The lowest BCUT2D eigenvalue weighted by Gasteiger charge is -2.24. The van der Waals surface area contributed by atoms with Crippen molar-refractivity contribution in [3.05, 3.63) is 18.2 Å². The Kier molecular flexibility index (Phi) is 11.0. The van der Waals surface area contributed by atoms with Crippen molar-refractivity contribution in [2.24, 2.45) is 5.73 Å². The summed E-state index contributed by atoms with van der Waals surface area (Å²) < 4.78 is 0. The van der Waals surface area contributed by atoms with E-state index in [4.69, 9.17) is 5.73 Å². The van der Waals surface area contributed by atoms with Crippen LogP contribution >= 0.6 is 11.8 Å². The SMILES string of the molecule is CSCCC(NC(=O)C(C)NC(=O)C(Cc1cnc[nH]1)NC(=O)C(N)C(C)O)C(=O)O. The zero-order valence-corrected chi connectivity index (χ0v) is 18.4. The zero-order valence-electron chi connectivity index (χ0n) is 17.6. The van der Waals surface area contributed by atoms with Crippen molar-refractivity contribution < 1.29 is 29.4 Å². The first kappa shape index (κ1) is 26.4. The number of rotatable bonds is 13. The van der Waals surface area contributed by atoms with Crippen LogP contribution in [0.1, 0.15) is 26.0 Å². The molecule has 0 radical (unpaired) electrons. The molecule has 0 saturated carbocycles. The third-order valence-corrected chi connectivity index (χ3v) is 5.06. The van der Waals surface area contributed by atoms with Gasteiger partial charge < -0.3 is 36.9 Å². The summed E-state index contributed by atoms with van der Waals surface area (Å²) in [4.78, 5) is 55.3. The molecule has 0 aliphatic heterocycles. The monoisotopic (exact) mass is 458 g/mol. The van der Waals surface area contributed by atoms with Crippen LogP contribution in [0.2, 0.25) is 0 Å². The van der Waals surface area contributed by atoms with Crippen LogP contribution in [0.25, 0.3) is 0 Å². The lowest BCUT2D eigenvalue weighted by atomic mass is 10.1. The van der Waals surface area contributed by atoms with Gasteiger partial charge >= 0.3 is 5.97 Å². The second-order valence-corrected chi connectivity index (χ2v) is 8.01. The number of aliphatic hydroxyl groups is 1. The summed E-state index contributed by atoms with van der Waals surface area (Å²) in [6, 6.07) is -4.50. The smallest absolute Gasteiger partial charge is 0.326 e. The summed E-state index contributed by atoms with van der Waals surface area (Å²) in [5, 5.41) is 26.1. The second-order valence-electron chi connectivity index (χ2n) is 7.02. The lowest BCUT2D eigenvalue weighted by Crippen LogP contribution is -2.58. The van der Waals surface area contributed by atoms with Crippen LogP contribution in [0.15, 0.2) is 12.5 Å². The van der Waals surface area contributed by atoms with Crippen LogP contribution in [-0.4, -0.2) is 86.2 Å². The average Bonchev–Trinajstić information content (AvgIpc) is 3.22. The molecule has 0 bridgehead atoms. The maximum atomic E-state index is 12.7. The number of carboxylic acids is 1. The van der Waals surface area contributed by atoms with E-state index in [9.17, 15) is 29.4 Å². The summed E-state index contributed by atoms with van der Waals surface area (Å²) in [7, 11) is 0. The van der Waals surface area contributed by atoms with E-state index in [1.165, 1.54) is 38.1 Å². The zero-order chi connectivity index (χ0) is 23.6. The maximum absolute atomic E-state index is 12.7. The molecule has 0 aliphatic carbocycles. The number of carboxylic acid groups (broad SMARTS) is 1. The van der Waals surface area contributed by atoms with E-state index in [0.29, 0.717) is 11.4 Å². The molecule has 12 nitrogen and oxygen atoms in total. The molecule has 13 heteroatoms. The van der Waals surface area contributed by atoms with Gasteiger partial charge in [0.05, 0.1) is 12.4 Å². The molecule has 5 unspecified atom stereocenters. The van der Waals surface area contributed by atoms with Crippen molar-refractivity contribution in [2.75, 3.05) is 12.0 Å². The number of aliphatic carboxylic acids is 1. The number of hydrogen-bond acceptors (Lipinski definition) is 8. The minimum atomic E-state index is -1.24. The number of carbonyl (C=O) groups is 4. The number of carbonyl (C=O) groups excluding carboxylic acids is 3. The van der Waals surface area contributed by atoms with E-state index in [-0.39, 0.29) is 12.8 Å². The van der Waals surface area contributed by atoms with Crippen molar-refractivity contribution in [3.63, 3.8) is 0 Å². The van der Waals surface area contributed by atoms with Gasteiger partial charge in [-0.3, -0.25) is 14.4 Å². The highest BCUT2D eigenvalue weighted by molar-refractivity contribution is 7.98. The van der Waals surface area contributed by atoms with Crippen LogP contribution in [0.5, 0.6) is 0 Å². The molecule has 5 atom stereocenters. The highest BCUT2D eigenvalue weighted by Crippen LogP contribution is 2.03. The number of amides is 3. The molecule has 0 saturated heterocycles. The van der Waals surface area contributed by atoms with Crippen LogP contribution in [-0.2, 0) is 25.6 Å². The van der Waals surface area contributed by atoms with E-state index in [1.54, 1.807) is 0 Å². The van der Waals surface area contributed by atoms with Gasteiger partial charge in [-0.2, -0.15) is 11.8 Å². The first-order valence-electron chi connectivity index (χ1n) is 9.60. The van der Waals surface area contributed by atoms with Gasteiger partial charge in [0.25, 0.3) is 0 Å². The van der Waals surface area contributed by atoms with Crippen molar-refractivity contribution >= 4 is 35.5 Å². The van der Waals surface area contributed by atoms with Gasteiger partial charge in [0.2, 0.25) is 17.7 Å². The Morgan fingerprint density at radius 2 is 1.77 bits per heavy atom. The van der Waals surface area contributed by atoms with Gasteiger partial charge in [-0.1, -0.05) is 0 Å². The largest absolute Gasteiger partial charge is 0.480 e. The van der Waals surface area contributed by atoms with Crippen LogP contribution in [0.3, 0.4) is 0 Å². The molecular formula is C18H30N6O6S. The van der Waals surface area contributed by atoms with Gasteiger partial charge in [-0.25, -0.2) is 9.78 Å². The molecule has 174 valence electrons. The Labute approximate surface area is 184 Å². The van der Waals surface area contributed by atoms with Crippen molar-refractivity contribution in [2.45, 2.75) is 57.0 Å². The van der Waals surface area contributed by atoms with Gasteiger partial charge in [-0.05, 0) is 32.3 Å². The first-order chi connectivity index (χ1) is 14.6. The molecule has 31 heavy (non-hydrogen) atoms. The maximum Gasteiger partial charge on any atom is 0.326 e. The summed E-state index contributed by atoms with van der Waals surface area (Å²) in [6.07, 6.45) is 3.84. The number of aromatic amines is 1. The van der Waals surface area contributed by atoms with E-state index in [0.717, 1.165) is 0 Å². The van der Waals surface area contributed by atoms with Crippen molar-refractivity contribution in [1.29, 1.82) is 0 Å². The predicted octanol–water partition coefficient (Wildman–Crippen LogP) is -2.03. The molecule has 1 heterocycles. The number of nitrogens with zero attached hydrogens (tertiary/aromatic N) is 1. The second kappa shape index (κ2) is 12.9. The van der Waals surface area contributed by atoms with Crippen LogP contribution < -0.4 is 21.7 Å². The standard InChI is InChI=1S/C18H30N6O6S/c1-9(15(26)23-12(18(29)30)4-5-31-3)22-16(27)13(6-11-7-20-8-21-11)24-17(28)14(19)10(2)25/h7-10,12-14,25H,4-6,19H2,1-3H3,(H,20,21)(H,22,27)(H,23,26)(H,24,28)(H,29,30). The molecular weight excluding hydrogens is 428 g/mol. The Morgan fingerprint density at radius 1 is 1.13 bits per heavy atom. The minimum absolute atomic E-state index is 0.0317. The minimum Gasteiger partial charge on any atom is -0.480 e. The quantitative estimate of drug-likeness (QED) is 0.174.